The Morgan fingerprint density at radius 3 is 2.89 bits per heavy atom. The van der Waals surface area contributed by atoms with E-state index in [-0.39, 0.29) is 36.3 Å². The van der Waals surface area contributed by atoms with Gasteiger partial charge in [0.25, 0.3) is 0 Å². The van der Waals surface area contributed by atoms with Crippen LogP contribution in [-0.4, -0.2) is 36.8 Å². The Labute approximate surface area is 173 Å². The molecule has 5 nitrogen and oxygen atoms in total. The van der Waals surface area contributed by atoms with Crippen molar-refractivity contribution in [1.29, 1.82) is 0 Å². The topological polar surface area (TPSA) is 65.0 Å². The molecular formula is C22H24BrNO4. The molecule has 1 aromatic rings. The maximum atomic E-state index is 13.1. The highest BCUT2D eigenvalue weighted by molar-refractivity contribution is 9.10. The zero-order chi connectivity index (χ0) is 19.7. The number of hydrogen-bond acceptors (Lipinski definition) is 5. The van der Waals surface area contributed by atoms with Crippen LogP contribution < -0.4 is 0 Å². The van der Waals surface area contributed by atoms with E-state index in [1.54, 1.807) is 0 Å². The van der Waals surface area contributed by atoms with Gasteiger partial charge in [-0.25, -0.2) is 4.79 Å². The maximum absolute atomic E-state index is 13.1. The molecule has 2 heterocycles. The lowest BCUT2D eigenvalue weighted by atomic mass is 9.69. The number of aliphatic imine (C=N–C) groups is 1. The van der Waals surface area contributed by atoms with E-state index in [0.29, 0.717) is 17.7 Å². The number of hydrogen-bond donors (Lipinski definition) is 0. The molecule has 3 aliphatic rings. The molecule has 0 bridgehead atoms. The molecular weight excluding hydrogens is 422 g/mol. The molecule has 1 aliphatic carbocycles. The highest BCUT2D eigenvalue weighted by Gasteiger charge is 2.43. The van der Waals surface area contributed by atoms with E-state index in [9.17, 15) is 9.59 Å². The van der Waals surface area contributed by atoms with Crippen molar-refractivity contribution in [1.82, 2.24) is 0 Å². The number of esters is 1. The van der Waals surface area contributed by atoms with Crippen LogP contribution in [0.1, 0.15) is 50.5 Å². The second-order valence-electron chi connectivity index (χ2n) is 7.67. The van der Waals surface area contributed by atoms with E-state index in [0.717, 1.165) is 48.0 Å². The Kier molecular flexibility index (Phi) is 5.78. The van der Waals surface area contributed by atoms with Crippen molar-refractivity contribution in [2.24, 2.45) is 10.9 Å². The maximum Gasteiger partial charge on any atom is 0.336 e. The SMILES string of the molecule is CC1=C(C(=O)OC[C@@H]2CCCO2)[C@H](c2cccc(Br)c2)[C@@H]2C(=O)CCCC2=N1. The highest BCUT2D eigenvalue weighted by Crippen LogP contribution is 2.43. The summed E-state index contributed by atoms with van der Waals surface area (Å²) in [7, 11) is 0. The second kappa shape index (κ2) is 8.29. The highest BCUT2D eigenvalue weighted by atomic mass is 79.9. The fraction of sp³-hybridized carbons (Fsp3) is 0.500. The predicted molar refractivity (Wildman–Crippen MR) is 109 cm³/mol. The molecule has 1 aromatic carbocycles. The lowest BCUT2D eigenvalue weighted by molar-refractivity contribution is -0.142. The number of carbonyl (C=O) groups is 2. The summed E-state index contributed by atoms with van der Waals surface area (Å²) in [5.41, 5.74) is 2.99. The number of ether oxygens (including phenoxy) is 2. The van der Waals surface area contributed by atoms with Crippen molar-refractivity contribution in [3.63, 3.8) is 0 Å². The molecule has 1 saturated carbocycles. The smallest absolute Gasteiger partial charge is 0.336 e. The van der Waals surface area contributed by atoms with Crippen LogP contribution in [0.5, 0.6) is 0 Å². The van der Waals surface area contributed by atoms with E-state index in [4.69, 9.17) is 9.47 Å². The van der Waals surface area contributed by atoms with E-state index in [1.165, 1.54) is 0 Å². The van der Waals surface area contributed by atoms with Crippen molar-refractivity contribution >= 4 is 33.4 Å². The molecule has 4 rings (SSSR count). The first-order valence-corrected chi connectivity index (χ1v) is 10.7. The summed E-state index contributed by atoms with van der Waals surface area (Å²) < 4.78 is 12.1. The van der Waals surface area contributed by atoms with Gasteiger partial charge < -0.3 is 9.47 Å². The Morgan fingerprint density at radius 2 is 2.14 bits per heavy atom. The largest absolute Gasteiger partial charge is 0.460 e. The molecule has 2 fully saturated rings. The molecule has 0 N–H and O–H groups in total. The molecule has 0 unspecified atom stereocenters. The molecule has 148 valence electrons. The second-order valence-corrected chi connectivity index (χ2v) is 8.58. The molecule has 0 radical (unpaired) electrons. The number of ketones is 1. The first kappa shape index (κ1) is 19.5. The minimum Gasteiger partial charge on any atom is -0.460 e. The van der Waals surface area contributed by atoms with Crippen LogP contribution in [0, 0.1) is 5.92 Å². The summed E-state index contributed by atoms with van der Waals surface area (Å²) in [5, 5.41) is 0. The molecule has 6 heteroatoms. The van der Waals surface area contributed by atoms with Crippen molar-refractivity contribution in [3.8, 4) is 0 Å². The van der Waals surface area contributed by atoms with Crippen LogP contribution in [0.15, 0.2) is 45.0 Å². The third-order valence-electron chi connectivity index (χ3n) is 5.76. The lowest BCUT2D eigenvalue weighted by Crippen LogP contribution is -2.39. The summed E-state index contributed by atoms with van der Waals surface area (Å²) in [5.74, 6) is -0.960. The fourth-order valence-corrected chi connectivity index (χ4v) is 4.88. The van der Waals surface area contributed by atoms with Crippen molar-refractivity contribution in [2.45, 2.75) is 51.0 Å². The minimum atomic E-state index is -0.390. The van der Waals surface area contributed by atoms with Crippen LogP contribution in [0.25, 0.3) is 0 Å². The standard InChI is InChI=1S/C22H24BrNO4/c1-13-19(22(26)28-12-16-7-4-10-27-16)20(14-5-2-6-15(23)11-14)21-17(24-13)8-3-9-18(21)25/h2,5-6,11,16,20-21H,3-4,7-10,12H2,1H3/t16-,20-,21-/m0/s1. The van der Waals surface area contributed by atoms with Gasteiger partial charge in [-0.3, -0.25) is 9.79 Å². The van der Waals surface area contributed by atoms with Crippen molar-refractivity contribution < 1.29 is 19.1 Å². The zero-order valence-electron chi connectivity index (χ0n) is 15.9. The number of Topliss-reactive ketones (excluding diaryl/α,β-unsaturated/α-hetero) is 1. The number of nitrogens with zero attached hydrogens (tertiary/aromatic N) is 1. The Balaban J connectivity index is 1.70. The van der Waals surface area contributed by atoms with Gasteiger partial charge in [0, 0.05) is 34.8 Å². The molecule has 28 heavy (non-hydrogen) atoms. The molecule has 2 aliphatic heterocycles. The number of carbonyl (C=O) groups excluding carboxylic acids is 2. The van der Waals surface area contributed by atoms with Crippen LogP contribution in [0.2, 0.25) is 0 Å². The van der Waals surface area contributed by atoms with Crippen LogP contribution in [0.4, 0.5) is 0 Å². The number of benzene rings is 1. The van der Waals surface area contributed by atoms with Gasteiger partial charge in [-0.2, -0.15) is 0 Å². The first-order valence-electron chi connectivity index (χ1n) is 9.89. The third kappa shape index (κ3) is 3.85. The Morgan fingerprint density at radius 1 is 1.29 bits per heavy atom. The van der Waals surface area contributed by atoms with Crippen LogP contribution >= 0.6 is 15.9 Å². The summed E-state index contributed by atoms with van der Waals surface area (Å²) in [4.78, 5) is 30.6. The lowest BCUT2D eigenvalue weighted by Gasteiger charge is -2.35. The van der Waals surface area contributed by atoms with Gasteiger partial charge >= 0.3 is 5.97 Å². The molecule has 0 spiro atoms. The Hall–Kier alpha value is -1.79. The van der Waals surface area contributed by atoms with Crippen molar-refractivity contribution in [2.75, 3.05) is 13.2 Å². The van der Waals surface area contributed by atoms with Crippen molar-refractivity contribution in [3.05, 3.63) is 45.6 Å². The van der Waals surface area contributed by atoms with Gasteiger partial charge in [0.1, 0.15) is 12.4 Å². The molecule has 3 atom stereocenters. The number of allylic oxidation sites excluding steroid dienone is 1. The summed E-state index contributed by atoms with van der Waals surface area (Å²) >= 11 is 3.52. The first-order chi connectivity index (χ1) is 13.5. The average molecular weight is 446 g/mol. The van der Waals surface area contributed by atoms with Crippen LogP contribution in [0.3, 0.4) is 0 Å². The summed E-state index contributed by atoms with van der Waals surface area (Å²) in [6.45, 7) is 2.81. The molecule has 0 aromatic heterocycles. The van der Waals surface area contributed by atoms with E-state index in [2.05, 4.69) is 20.9 Å². The van der Waals surface area contributed by atoms with E-state index in [1.807, 2.05) is 31.2 Å². The van der Waals surface area contributed by atoms with E-state index >= 15 is 0 Å². The number of fused-ring (bicyclic) bond motifs is 1. The predicted octanol–water partition coefficient (Wildman–Crippen LogP) is 4.35. The molecule has 1 saturated heterocycles. The number of rotatable bonds is 4. The van der Waals surface area contributed by atoms with Gasteiger partial charge in [0.15, 0.2) is 0 Å². The third-order valence-corrected chi connectivity index (χ3v) is 6.25. The monoisotopic (exact) mass is 445 g/mol. The summed E-state index contributed by atoms with van der Waals surface area (Å²) in [6.07, 6.45) is 4.03. The van der Waals surface area contributed by atoms with Gasteiger partial charge in [0.2, 0.25) is 0 Å². The summed E-state index contributed by atoms with van der Waals surface area (Å²) in [6, 6.07) is 7.83. The van der Waals surface area contributed by atoms with E-state index < -0.39 is 0 Å². The van der Waals surface area contributed by atoms with Gasteiger partial charge in [-0.05, 0) is 50.3 Å². The van der Waals surface area contributed by atoms with Gasteiger partial charge in [0.05, 0.1) is 17.6 Å². The quantitative estimate of drug-likeness (QED) is 0.645. The van der Waals surface area contributed by atoms with Crippen LogP contribution in [-0.2, 0) is 19.1 Å². The fourth-order valence-electron chi connectivity index (χ4n) is 4.47. The number of halogens is 1. The minimum absolute atomic E-state index is 0.0341. The Bertz CT molecular complexity index is 854. The van der Waals surface area contributed by atoms with Gasteiger partial charge in [-0.15, -0.1) is 0 Å². The van der Waals surface area contributed by atoms with Gasteiger partial charge in [-0.1, -0.05) is 28.1 Å². The zero-order valence-corrected chi connectivity index (χ0v) is 17.5. The normalized spacial score (nSPS) is 27.4. The molecule has 0 amide bonds. The average Bonchev–Trinajstić information content (AvgIpc) is 3.19.